The molecule has 0 aromatic heterocycles. The number of hydrogen-bond acceptors (Lipinski definition) is 2. The molecule has 1 heterocycles. The fourth-order valence-electron chi connectivity index (χ4n) is 1.76. The molecule has 1 rings (SSSR count). The molecule has 1 fully saturated rings. The van der Waals surface area contributed by atoms with E-state index in [-0.39, 0.29) is 31.8 Å². The molecule has 0 aromatic carbocycles. The summed E-state index contributed by atoms with van der Waals surface area (Å²) in [6, 6.07) is -1.49. The van der Waals surface area contributed by atoms with Crippen molar-refractivity contribution in [1.82, 2.24) is 4.90 Å². The standard InChI is InChI=1S/C8H12F3NO2.ClH/c1-12-4-5(7(13)14)2-3-6(12)8(9,10)11;/h5-6H,2-4H2,1H3,(H,13,14);1H. The van der Waals surface area contributed by atoms with Crippen LogP contribution in [0.5, 0.6) is 0 Å². The summed E-state index contributed by atoms with van der Waals surface area (Å²) in [6.45, 7) is -0.0283. The van der Waals surface area contributed by atoms with Crippen LogP contribution in [0.15, 0.2) is 0 Å². The van der Waals surface area contributed by atoms with Gasteiger partial charge in [-0.2, -0.15) is 13.2 Å². The lowest BCUT2D eigenvalue weighted by atomic mass is 9.93. The Hall–Kier alpha value is -0.490. The summed E-state index contributed by atoms with van der Waals surface area (Å²) >= 11 is 0. The van der Waals surface area contributed by atoms with Gasteiger partial charge in [-0.05, 0) is 19.9 Å². The first kappa shape index (κ1) is 14.5. The molecule has 15 heavy (non-hydrogen) atoms. The average Bonchev–Trinajstić information content (AvgIpc) is 2.01. The molecule has 2 unspecified atom stereocenters. The van der Waals surface area contributed by atoms with Crippen LogP contribution >= 0.6 is 12.4 Å². The molecule has 0 aromatic rings. The fraction of sp³-hybridized carbons (Fsp3) is 0.875. The maximum atomic E-state index is 12.3. The highest BCUT2D eigenvalue weighted by atomic mass is 35.5. The van der Waals surface area contributed by atoms with Crippen molar-refractivity contribution < 1.29 is 23.1 Å². The third-order valence-corrected chi connectivity index (χ3v) is 2.56. The maximum Gasteiger partial charge on any atom is 0.404 e. The highest BCUT2D eigenvalue weighted by Gasteiger charge is 2.45. The molecule has 0 spiro atoms. The minimum absolute atomic E-state index is 0. The normalized spacial score (nSPS) is 28.3. The van der Waals surface area contributed by atoms with E-state index in [9.17, 15) is 18.0 Å². The Morgan fingerprint density at radius 3 is 2.27 bits per heavy atom. The first-order valence-electron chi connectivity index (χ1n) is 4.32. The lowest BCUT2D eigenvalue weighted by Crippen LogP contribution is -2.50. The molecule has 0 radical (unpaired) electrons. The van der Waals surface area contributed by atoms with E-state index in [2.05, 4.69) is 0 Å². The van der Waals surface area contributed by atoms with E-state index < -0.39 is 24.1 Å². The van der Waals surface area contributed by atoms with Gasteiger partial charge in [0.15, 0.2) is 0 Å². The van der Waals surface area contributed by atoms with Gasteiger partial charge in [-0.1, -0.05) is 0 Å². The number of hydrogen-bond donors (Lipinski definition) is 1. The molecule has 0 amide bonds. The predicted molar refractivity (Wildman–Crippen MR) is 50.1 cm³/mol. The number of alkyl halides is 3. The van der Waals surface area contributed by atoms with Crippen LogP contribution in [0.3, 0.4) is 0 Å². The van der Waals surface area contributed by atoms with Crippen LogP contribution in [-0.4, -0.2) is 41.8 Å². The molecule has 0 saturated carbocycles. The van der Waals surface area contributed by atoms with Crippen LogP contribution in [0, 0.1) is 5.92 Å². The van der Waals surface area contributed by atoms with Gasteiger partial charge >= 0.3 is 12.1 Å². The topological polar surface area (TPSA) is 40.5 Å². The van der Waals surface area contributed by atoms with Gasteiger partial charge in [-0.3, -0.25) is 9.69 Å². The number of rotatable bonds is 1. The minimum Gasteiger partial charge on any atom is -0.481 e. The van der Waals surface area contributed by atoms with Crippen LogP contribution in [0.2, 0.25) is 0 Å². The van der Waals surface area contributed by atoms with E-state index in [4.69, 9.17) is 5.11 Å². The second-order valence-electron chi connectivity index (χ2n) is 3.61. The maximum absolute atomic E-state index is 12.3. The summed E-state index contributed by atoms with van der Waals surface area (Å²) in [4.78, 5) is 11.6. The lowest BCUT2D eigenvalue weighted by Gasteiger charge is -2.36. The molecular weight excluding hydrogens is 235 g/mol. The molecule has 1 aliphatic rings. The van der Waals surface area contributed by atoms with Crippen LogP contribution in [0.4, 0.5) is 13.2 Å². The summed E-state index contributed by atoms with van der Waals surface area (Å²) in [5, 5.41) is 8.64. The summed E-state index contributed by atoms with van der Waals surface area (Å²) in [6.07, 6.45) is -4.28. The van der Waals surface area contributed by atoms with Gasteiger partial charge in [0.1, 0.15) is 6.04 Å². The number of piperidine rings is 1. The lowest BCUT2D eigenvalue weighted by molar-refractivity contribution is -0.193. The van der Waals surface area contributed by atoms with Crippen molar-refractivity contribution in [2.45, 2.75) is 25.1 Å². The zero-order valence-corrected chi connectivity index (χ0v) is 8.94. The van der Waals surface area contributed by atoms with Crippen LogP contribution in [0.25, 0.3) is 0 Å². The predicted octanol–water partition coefficient (Wildman–Crippen LogP) is 1.77. The average molecular weight is 248 g/mol. The Bertz CT molecular complexity index is 234. The van der Waals surface area contributed by atoms with E-state index in [1.54, 1.807) is 0 Å². The molecule has 90 valence electrons. The quantitative estimate of drug-likeness (QED) is 0.768. The molecule has 2 atom stereocenters. The summed E-state index contributed by atoms with van der Waals surface area (Å²) < 4.78 is 37.0. The van der Waals surface area contributed by atoms with E-state index in [0.717, 1.165) is 4.90 Å². The number of carboxylic acids is 1. The van der Waals surface area contributed by atoms with E-state index in [1.807, 2.05) is 0 Å². The monoisotopic (exact) mass is 247 g/mol. The Morgan fingerprint density at radius 2 is 1.93 bits per heavy atom. The van der Waals surface area contributed by atoms with E-state index in [1.165, 1.54) is 7.05 Å². The summed E-state index contributed by atoms with van der Waals surface area (Å²) in [7, 11) is 1.31. The first-order chi connectivity index (χ1) is 6.32. The molecule has 0 aliphatic carbocycles. The number of halogens is 4. The Labute approximate surface area is 91.7 Å². The van der Waals surface area contributed by atoms with Gasteiger partial charge in [0, 0.05) is 6.54 Å². The summed E-state index contributed by atoms with van der Waals surface area (Å²) in [5.41, 5.74) is 0. The van der Waals surface area contributed by atoms with E-state index in [0.29, 0.717) is 0 Å². The number of nitrogens with zero attached hydrogens (tertiary/aromatic N) is 1. The highest BCUT2D eigenvalue weighted by Crippen LogP contribution is 2.32. The second kappa shape index (κ2) is 5.03. The summed E-state index contributed by atoms with van der Waals surface area (Å²) in [5.74, 6) is -1.68. The minimum atomic E-state index is -4.25. The SMILES string of the molecule is CN1CC(C(=O)O)CCC1C(F)(F)F.Cl. The van der Waals surface area contributed by atoms with Crippen molar-refractivity contribution in [1.29, 1.82) is 0 Å². The van der Waals surface area contributed by atoms with Crippen molar-refractivity contribution in [3.05, 3.63) is 0 Å². The van der Waals surface area contributed by atoms with Crippen molar-refractivity contribution in [2.24, 2.45) is 5.92 Å². The van der Waals surface area contributed by atoms with Gasteiger partial charge in [0.25, 0.3) is 0 Å². The Kier molecular flexibility index (Phi) is 4.86. The number of carbonyl (C=O) groups is 1. The fourth-order valence-corrected chi connectivity index (χ4v) is 1.76. The number of likely N-dealkylation sites (tertiary alicyclic amines) is 1. The van der Waals surface area contributed by atoms with E-state index >= 15 is 0 Å². The van der Waals surface area contributed by atoms with Crippen molar-refractivity contribution in [3.8, 4) is 0 Å². The highest BCUT2D eigenvalue weighted by molar-refractivity contribution is 5.85. The zero-order valence-electron chi connectivity index (χ0n) is 8.12. The second-order valence-corrected chi connectivity index (χ2v) is 3.61. The number of aliphatic carboxylic acids is 1. The smallest absolute Gasteiger partial charge is 0.404 e. The number of carboxylic acid groups (broad SMARTS) is 1. The molecule has 1 aliphatic heterocycles. The Morgan fingerprint density at radius 1 is 1.40 bits per heavy atom. The van der Waals surface area contributed by atoms with Crippen molar-refractivity contribution in [2.75, 3.05) is 13.6 Å². The zero-order chi connectivity index (χ0) is 10.9. The molecule has 0 bridgehead atoms. The molecule has 1 saturated heterocycles. The molecule has 3 nitrogen and oxygen atoms in total. The van der Waals surface area contributed by atoms with Gasteiger partial charge in [0.05, 0.1) is 5.92 Å². The van der Waals surface area contributed by atoms with Crippen LogP contribution in [-0.2, 0) is 4.79 Å². The van der Waals surface area contributed by atoms with Gasteiger partial charge in [-0.15, -0.1) is 12.4 Å². The molecule has 7 heteroatoms. The van der Waals surface area contributed by atoms with Crippen LogP contribution in [0.1, 0.15) is 12.8 Å². The largest absolute Gasteiger partial charge is 0.481 e. The molecule has 1 N–H and O–H groups in total. The Balaban J connectivity index is 0.00000196. The van der Waals surface area contributed by atoms with Crippen molar-refractivity contribution in [3.63, 3.8) is 0 Å². The van der Waals surface area contributed by atoms with Gasteiger partial charge in [-0.25, -0.2) is 0 Å². The third kappa shape index (κ3) is 3.53. The van der Waals surface area contributed by atoms with Crippen LogP contribution < -0.4 is 0 Å². The van der Waals surface area contributed by atoms with Crippen molar-refractivity contribution >= 4 is 18.4 Å². The van der Waals surface area contributed by atoms with Gasteiger partial charge in [0.2, 0.25) is 0 Å². The molecular formula is C8H13ClF3NO2. The van der Waals surface area contributed by atoms with Gasteiger partial charge < -0.3 is 5.11 Å². The third-order valence-electron chi connectivity index (χ3n) is 2.56. The first-order valence-corrected chi connectivity index (χ1v) is 4.32.